The minimum absolute atomic E-state index is 0.380. The highest BCUT2D eigenvalue weighted by Gasteiger charge is 2.13. The summed E-state index contributed by atoms with van der Waals surface area (Å²) in [5.74, 6) is 0.873. The number of anilines is 1. The maximum Gasteiger partial charge on any atom is 0.283 e. The molecule has 0 fully saturated rings. The number of rotatable bonds is 5. The summed E-state index contributed by atoms with van der Waals surface area (Å²) in [5.41, 5.74) is 6.30. The third-order valence-corrected chi connectivity index (χ3v) is 2.80. The lowest BCUT2D eigenvalue weighted by Crippen LogP contribution is -2.03. The molecule has 0 unspecified atom stereocenters. The first-order valence-electron chi connectivity index (χ1n) is 5.42. The Morgan fingerprint density at radius 3 is 2.89 bits per heavy atom. The molecule has 2 aromatic rings. The molecule has 2 N–H and O–H groups in total. The van der Waals surface area contributed by atoms with Crippen molar-refractivity contribution in [1.29, 1.82) is 0 Å². The van der Waals surface area contributed by atoms with E-state index >= 15 is 0 Å². The van der Waals surface area contributed by atoms with Crippen molar-refractivity contribution in [3.8, 4) is 5.88 Å². The predicted molar refractivity (Wildman–Crippen MR) is 65.4 cm³/mol. The van der Waals surface area contributed by atoms with E-state index in [0.29, 0.717) is 34.3 Å². The summed E-state index contributed by atoms with van der Waals surface area (Å²) >= 11 is 1.19. The van der Waals surface area contributed by atoms with Crippen LogP contribution in [0.25, 0.3) is 0 Å². The second kappa shape index (κ2) is 5.67. The van der Waals surface area contributed by atoms with Gasteiger partial charge in [0.1, 0.15) is 17.0 Å². The van der Waals surface area contributed by atoms with Gasteiger partial charge >= 0.3 is 0 Å². The summed E-state index contributed by atoms with van der Waals surface area (Å²) in [6, 6.07) is 0. The number of nitrogens with zero attached hydrogens (tertiary/aromatic N) is 4. The Morgan fingerprint density at radius 1 is 1.39 bits per heavy atom. The van der Waals surface area contributed by atoms with Gasteiger partial charge in [-0.3, -0.25) is 0 Å². The Morgan fingerprint density at radius 2 is 2.22 bits per heavy atom. The van der Waals surface area contributed by atoms with Crippen LogP contribution in [0, 0.1) is 6.92 Å². The number of aromatic nitrogens is 4. The number of hydrogen-bond donors (Lipinski definition) is 1. The van der Waals surface area contributed by atoms with Gasteiger partial charge in [0.15, 0.2) is 0 Å². The minimum atomic E-state index is 0.380. The largest absolute Gasteiger partial charge is 0.476 e. The van der Waals surface area contributed by atoms with Gasteiger partial charge in [0.05, 0.1) is 6.61 Å². The smallest absolute Gasteiger partial charge is 0.283 e. The number of hydrogen-bond acceptors (Lipinski definition) is 8. The highest BCUT2D eigenvalue weighted by Crippen LogP contribution is 2.33. The molecule has 0 aromatic carbocycles. The van der Waals surface area contributed by atoms with Gasteiger partial charge in [-0.15, -0.1) is 10.2 Å². The fourth-order valence-corrected chi connectivity index (χ4v) is 1.87. The Balaban J connectivity index is 2.17. The lowest BCUT2D eigenvalue weighted by atomic mass is 10.5. The molecule has 0 aliphatic carbocycles. The van der Waals surface area contributed by atoms with E-state index in [-0.39, 0.29) is 0 Å². The van der Waals surface area contributed by atoms with Crippen LogP contribution in [0.15, 0.2) is 21.0 Å². The summed E-state index contributed by atoms with van der Waals surface area (Å²) in [6.45, 7) is 4.29. The maximum absolute atomic E-state index is 5.92. The van der Waals surface area contributed by atoms with Crippen LogP contribution in [0.4, 0.5) is 5.69 Å². The first-order chi connectivity index (χ1) is 8.70. The molecule has 0 radical (unpaired) electrons. The van der Waals surface area contributed by atoms with Crippen LogP contribution in [0.2, 0.25) is 0 Å². The third-order valence-electron chi connectivity index (χ3n) is 1.95. The molecular weight excluding hydrogens is 254 g/mol. The molecule has 0 spiro atoms. The van der Waals surface area contributed by atoms with Crippen LogP contribution < -0.4 is 10.5 Å². The summed E-state index contributed by atoms with van der Waals surface area (Å²) in [4.78, 5) is 8.06. The molecule has 0 saturated carbocycles. The van der Waals surface area contributed by atoms with Crippen molar-refractivity contribution < 1.29 is 9.15 Å². The van der Waals surface area contributed by atoms with Crippen molar-refractivity contribution >= 4 is 17.4 Å². The van der Waals surface area contributed by atoms with Gasteiger partial charge in [-0.05, 0) is 18.2 Å². The standard InChI is InChI=1S/C10H13N5O2S/c1-3-4-16-8-7(11)9(13-5-12-8)18-10-15-14-6(2)17-10/h5H,3-4,11H2,1-2H3. The third kappa shape index (κ3) is 2.89. The predicted octanol–water partition coefficient (Wildman–Crippen LogP) is 1.69. The first kappa shape index (κ1) is 12.6. The maximum atomic E-state index is 5.92. The number of nitrogen functional groups attached to an aromatic ring is 1. The molecule has 8 heteroatoms. The second-order valence-electron chi connectivity index (χ2n) is 3.44. The lowest BCUT2D eigenvalue weighted by Gasteiger charge is -2.07. The van der Waals surface area contributed by atoms with Crippen molar-refractivity contribution in [3.05, 3.63) is 12.2 Å². The van der Waals surface area contributed by atoms with Crippen molar-refractivity contribution in [1.82, 2.24) is 20.2 Å². The molecule has 0 saturated heterocycles. The molecular formula is C10H13N5O2S. The van der Waals surface area contributed by atoms with E-state index in [9.17, 15) is 0 Å². The van der Waals surface area contributed by atoms with Crippen LogP contribution in [0.5, 0.6) is 5.88 Å². The Kier molecular flexibility index (Phi) is 3.98. The highest BCUT2D eigenvalue weighted by molar-refractivity contribution is 7.99. The molecule has 2 aromatic heterocycles. The molecule has 0 aliphatic heterocycles. The van der Waals surface area contributed by atoms with Gasteiger partial charge < -0.3 is 14.9 Å². The molecule has 0 atom stereocenters. The molecule has 7 nitrogen and oxygen atoms in total. The van der Waals surface area contributed by atoms with E-state index in [0.717, 1.165) is 6.42 Å². The Labute approximate surface area is 108 Å². The van der Waals surface area contributed by atoms with Crippen LogP contribution >= 0.6 is 11.8 Å². The van der Waals surface area contributed by atoms with Crippen LogP contribution in [-0.2, 0) is 0 Å². The van der Waals surface area contributed by atoms with Gasteiger partial charge in [0.2, 0.25) is 11.8 Å². The summed E-state index contributed by atoms with van der Waals surface area (Å²) in [7, 11) is 0. The van der Waals surface area contributed by atoms with Crippen molar-refractivity contribution in [3.63, 3.8) is 0 Å². The van der Waals surface area contributed by atoms with Crippen LogP contribution in [0.1, 0.15) is 19.2 Å². The van der Waals surface area contributed by atoms with Gasteiger partial charge in [-0.1, -0.05) is 6.92 Å². The number of ether oxygens (including phenoxy) is 1. The van der Waals surface area contributed by atoms with Crippen molar-refractivity contribution in [2.45, 2.75) is 30.5 Å². The van der Waals surface area contributed by atoms with Gasteiger partial charge in [-0.25, -0.2) is 4.98 Å². The molecule has 0 bridgehead atoms. The summed E-state index contributed by atoms with van der Waals surface area (Å²) in [5, 5.41) is 8.52. The quantitative estimate of drug-likeness (QED) is 0.817. The summed E-state index contributed by atoms with van der Waals surface area (Å²) < 4.78 is 10.7. The zero-order valence-corrected chi connectivity index (χ0v) is 10.9. The van der Waals surface area contributed by atoms with E-state index in [2.05, 4.69) is 20.2 Å². The zero-order valence-electron chi connectivity index (χ0n) is 10.1. The second-order valence-corrected chi connectivity index (χ2v) is 4.38. The van der Waals surface area contributed by atoms with Crippen molar-refractivity contribution in [2.75, 3.05) is 12.3 Å². The van der Waals surface area contributed by atoms with Crippen LogP contribution in [0.3, 0.4) is 0 Å². The highest BCUT2D eigenvalue weighted by atomic mass is 32.2. The van der Waals surface area contributed by atoms with E-state index in [4.69, 9.17) is 14.9 Å². The Hall–Kier alpha value is -1.83. The molecule has 2 rings (SSSR count). The fraction of sp³-hybridized carbons (Fsp3) is 0.400. The monoisotopic (exact) mass is 267 g/mol. The normalized spacial score (nSPS) is 10.6. The molecule has 2 heterocycles. The fourth-order valence-electron chi connectivity index (χ4n) is 1.16. The minimum Gasteiger partial charge on any atom is -0.476 e. The Bertz CT molecular complexity index is 531. The molecule has 0 aliphatic rings. The zero-order chi connectivity index (χ0) is 13.0. The van der Waals surface area contributed by atoms with E-state index < -0.39 is 0 Å². The van der Waals surface area contributed by atoms with Gasteiger partial charge in [0.25, 0.3) is 5.22 Å². The topological polar surface area (TPSA) is 100.0 Å². The number of nitrogens with two attached hydrogens (primary N) is 1. The van der Waals surface area contributed by atoms with Gasteiger partial charge in [-0.2, -0.15) is 4.98 Å². The molecule has 96 valence electrons. The van der Waals surface area contributed by atoms with E-state index in [1.807, 2.05) is 6.92 Å². The van der Waals surface area contributed by atoms with E-state index in [1.54, 1.807) is 6.92 Å². The SMILES string of the molecule is CCCOc1ncnc(Sc2nnc(C)o2)c1N. The first-order valence-corrected chi connectivity index (χ1v) is 6.23. The summed E-state index contributed by atoms with van der Waals surface area (Å²) in [6.07, 6.45) is 2.28. The van der Waals surface area contributed by atoms with Gasteiger partial charge in [0, 0.05) is 6.92 Å². The average Bonchev–Trinajstić information content (AvgIpc) is 2.76. The molecule has 0 amide bonds. The average molecular weight is 267 g/mol. The lowest BCUT2D eigenvalue weighted by molar-refractivity contribution is 0.305. The number of aryl methyl sites for hydroxylation is 1. The van der Waals surface area contributed by atoms with E-state index in [1.165, 1.54) is 18.1 Å². The van der Waals surface area contributed by atoms with Crippen molar-refractivity contribution in [2.24, 2.45) is 0 Å². The molecule has 18 heavy (non-hydrogen) atoms. The van der Waals surface area contributed by atoms with Crippen LogP contribution in [-0.4, -0.2) is 26.8 Å².